The number of thiocarbonyl (C=S) groups is 1. The summed E-state index contributed by atoms with van der Waals surface area (Å²) in [6.07, 6.45) is 2.34. The number of carbonyl (C=O) groups is 1. The molecule has 0 unspecified atom stereocenters. The van der Waals surface area contributed by atoms with Crippen molar-refractivity contribution in [3.05, 3.63) is 78.1 Å². The molecule has 3 rings (SSSR count). The first-order valence-electron chi connectivity index (χ1n) is 9.50. The Balaban J connectivity index is 1.58. The smallest absolute Gasteiger partial charge is 0.270 e. The first-order chi connectivity index (χ1) is 14.9. The molecule has 6 nitrogen and oxygen atoms in total. The van der Waals surface area contributed by atoms with Gasteiger partial charge in [-0.1, -0.05) is 6.92 Å². The summed E-state index contributed by atoms with van der Waals surface area (Å²) in [5, 5.41) is 8.71. The molecule has 9 heteroatoms. The minimum atomic E-state index is -0.962. The molecule has 0 radical (unpaired) electrons. The number of anilines is 2. The standard InChI is InChI=1S/C22H20F2N4O2S/c1-2-10-26-21(29)20-13-17(9-11-25-20)30-16-6-3-14(4-7-16)27-22(31)28-15-5-8-18(23)19(24)12-15/h3-9,11-13H,2,10H2,1H3,(H,26,29)(H2,27,28,31). The maximum Gasteiger partial charge on any atom is 0.270 e. The van der Waals surface area contributed by atoms with Gasteiger partial charge in [0, 0.05) is 36.2 Å². The van der Waals surface area contributed by atoms with E-state index >= 15 is 0 Å². The molecular formula is C22H20F2N4O2S. The second kappa shape index (κ2) is 10.4. The third-order valence-electron chi connectivity index (χ3n) is 4.02. The van der Waals surface area contributed by atoms with Crippen molar-refractivity contribution >= 4 is 34.6 Å². The van der Waals surface area contributed by atoms with E-state index < -0.39 is 11.6 Å². The molecule has 0 fully saturated rings. The number of aromatic nitrogens is 1. The average Bonchev–Trinajstić information content (AvgIpc) is 2.76. The van der Waals surface area contributed by atoms with E-state index in [1.807, 2.05) is 6.92 Å². The molecule has 3 aromatic rings. The Kier molecular flexibility index (Phi) is 7.45. The lowest BCUT2D eigenvalue weighted by molar-refractivity contribution is 0.0948. The SMILES string of the molecule is CCCNC(=O)c1cc(Oc2ccc(NC(=S)Nc3ccc(F)c(F)c3)cc2)ccn1. The predicted molar refractivity (Wildman–Crippen MR) is 120 cm³/mol. The summed E-state index contributed by atoms with van der Waals surface area (Å²) in [7, 11) is 0. The summed E-state index contributed by atoms with van der Waals surface area (Å²) in [4.78, 5) is 16.1. The molecule has 0 atom stereocenters. The van der Waals surface area contributed by atoms with Gasteiger partial charge in [-0.25, -0.2) is 8.78 Å². The van der Waals surface area contributed by atoms with E-state index in [2.05, 4.69) is 20.9 Å². The Morgan fingerprint density at radius 1 is 0.968 bits per heavy atom. The number of rotatable bonds is 7. The summed E-state index contributed by atoms with van der Waals surface area (Å²) in [6.45, 7) is 2.55. The zero-order valence-corrected chi connectivity index (χ0v) is 17.4. The minimum Gasteiger partial charge on any atom is -0.457 e. The fourth-order valence-corrected chi connectivity index (χ4v) is 2.77. The number of amides is 1. The van der Waals surface area contributed by atoms with E-state index in [0.717, 1.165) is 18.6 Å². The van der Waals surface area contributed by atoms with Crippen molar-refractivity contribution in [3.8, 4) is 11.5 Å². The molecule has 2 aromatic carbocycles. The fraction of sp³-hybridized carbons (Fsp3) is 0.136. The van der Waals surface area contributed by atoms with Crippen LogP contribution in [0.25, 0.3) is 0 Å². The van der Waals surface area contributed by atoms with Crippen molar-refractivity contribution < 1.29 is 18.3 Å². The van der Waals surface area contributed by atoms with Gasteiger partial charge in [0.15, 0.2) is 16.7 Å². The van der Waals surface area contributed by atoms with Crippen LogP contribution >= 0.6 is 12.2 Å². The third kappa shape index (κ3) is 6.45. The van der Waals surface area contributed by atoms with Crippen molar-refractivity contribution in [2.24, 2.45) is 0 Å². The van der Waals surface area contributed by atoms with Crippen LogP contribution in [-0.4, -0.2) is 22.5 Å². The fourth-order valence-electron chi connectivity index (χ4n) is 2.54. The highest BCUT2D eigenvalue weighted by atomic mass is 32.1. The molecule has 0 bridgehead atoms. The molecule has 0 aliphatic heterocycles. The summed E-state index contributed by atoms with van der Waals surface area (Å²) in [5.74, 6) is -1.11. The number of benzene rings is 2. The van der Waals surface area contributed by atoms with Crippen molar-refractivity contribution in [3.63, 3.8) is 0 Å². The molecule has 0 aliphatic carbocycles. The summed E-state index contributed by atoms with van der Waals surface area (Å²) < 4.78 is 32.1. The Morgan fingerprint density at radius 2 is 1.68 bits per heavy atom. The van der Waals surface area contributed by atoms with Gasteiger partial charge in [0.05, 0.1) is 0 Å². The predicted octanol–water partition coefficient (Wildman–Crippen LogP) is 5.10. The Labute approximate surface area is 183 Å². The van der Waals surface area contributed by atoms with Crippen LogP contribution in [0.2, 0.25) is 0 Å². The van der Waals surface area contributed by atoms with Crippen LogP contribution in [-0.2, 0) is 0 Å². The van der Waals surface area contributed by atoms with Gasteiger partial charge in [-0.05, 0) is 61.1 Å². The first kappa shape index (κ1) is 22.1. The highest BCUT2D eigenvalue weighted by Gasteiger charge is 2.09. The number of ether oxygens (including phenoxy) is 1. The van der Waals surface area contributed by atoms with Gasteiger partial charge in [-0.2, -0.15) is 0 Å². The second-order valence-corrected chi connectivity index (χ2v) is 6.88. The number of hydrogen-bond acceptors (Lipinski definition) is 4. The number of halogens is 2. The Hall–Kier alpha value is -3.59. The highest BCUT2D eigenvalue weighted by Crippen LogP contribution is 2.23. The number of carbonyl (C=O) groups excluding carboxylic acids is 1. The van der Waals surface area contributed by atoms with Crippen LogP contribution in [0.15, 0.2) is 60.8 Å². The lowest BCUT2D eigenvalue weighted by Crippen LogP contribution is -2.24. The molecule has 0 saturated carbocycles. The highest BCUT2D eigenvalue weighted by molar-refractivity contribution is 7.80. The van der Waals surface area contributed by atoms with Crippen LogP contribution in [0.5, 0.6) is 11.5 Å². The van der Waals surface area contributed by atoms with E-state index in [9.17, 15) is 13.6 Å². The number of nitrogens with zero attached hydrogens (tertiary/aromatic N) is 1. The van der Waals surface area contributed by atoms with Gasteiger partial charge >= 0.3 is 0 Å². The van der Waals surface area contributed by atoms with Gasteiger partial charge in [0.25, 0.3) is 5.91 Å². The van der Waals surface area contributed by atoms with E-state index in [0.29, 0.717) is 29.4 Å². The molecular weight excluding hydrogens is 422 g/mol. The minimum absolute atomic E-state index is 0.219. The van der Waals surface area contributed by atoms with E-state index in [-0.39, 0.29) is 16.7 Å². The van der Waals surface area contributed by atoms with Gasteiger partial charge in [0.2, 0.25) is 0 Å². The largest absolute Gasteiger partial charge is 0.457 e. The van der Waals surface area contributed by atoms with E-state index in [1.165, 1.54) is 12.3 Å². The molecule has 1 aromatic heterocycles. The number of pyridine rings is 1. The van der Waals surface area contributed by atoms with E-state index in [4.69, 9.17) is 17.0 Å². The molecule has 0 saturated heterocycles. The van der Waals surface area contributed by atoms with Crippen LogP contribution in [0, 0.1) is 11.6 Å². The quantitative estimate of drug-likeness (QED) is 0.442. The molecule has 31 heavy (non-hydrogen) atoms. The summed E-state index contributed by atoms with van der Waals surface area (Å²) in [5.41, 5.74) is 1.27. The molecule has 0 spiro atoms. The van der Waals surface area contributed by atoms with Crippen molar-refractivity contribution in [2.75, 3.05) is 17.2 Å². The Morgan fingerprint density at radius 3 is 2.39 bits per heavy atom. The van der Waals surface area contributed by atoms with Crippen molar-refractivity contribution in [2.45, 2.75) is 13.3 Å². The average molecular weight is 442 g/mol. The third-order valence-corrected chi connectivity index (χ3v) is 4.23. The second-order valence-electron chi connectivity index (χ2n) is 6.47. The zero-order chi connectivity index (χ0) is 22.2. The zero-order valence-electron chi connectivity index (χ0n) is 16.6. The van der Waals surface area contributed by atoms with Crippen LogP contribution < -0.4 is 20.7 Å². The normalized spacial score (nSPS) is 10.3. The van der Waals surface area contributed by atoms with Gasteiger partial charge in [-0.15, -0.1) is 0 Å². The lowest BCUT2D eigenvalue weighted by atomic mass is 10.3. The van der Waals surface area contributed by atoms with Crippen LogP contribution in [0.1, 0.15) is 23.8 Å². The van der Waals surface area contributed by atoms with Gasteiger partial charge in [0.1, 0.15) is 17.2 Å². The van der Waals surface area contributed by atoms with Crippen LogP contribution in [0.3, 0.4) is 0 Å². The van der Waals surface area contributed by atoms with Crippen molar-refractivity contribution in [1.82, 2.24) is 10.3 Å². The maximum absolute atomic E-state index is 13.3. The lowest BCUT2D eigenvalue weighted by Gasteiger charge is -2.12. The van der Waals surface area contributed by atoms with Crippen LogP contribution in [0.4, 0.5) is 20.2 Å². The molecule has 1 amide bonds. The van der Waals surface area contributed by atoms with Gasteiger partial charge in [-0.3, -0.25) is 9.78 Å². The number of hydrogen-bond donors (Lipinski definition) is 3. The monoisotopic (exact) mass is 442 g/mol. The topological polar surface area (TPSA) is 75.3 Å². The Bertz CT molecular complexity index is 1080. The maximum atomic E-state index is 13.3. The first-order valence-corrected chi connectivity index (χ1v) is 9.90. The molecule has 0 aliphatic rings. The molecule has 3 N–H and O–H groups in total. The van der Waals surface area contributed by atoms with Gasteiger partial charge < -0.3 is 20.7 Å². The molecule has 160 valence electrons. The summed E-state index contributed by atoms with van der Waals surface area (Å²) >= 11 is 5.19. The molecule has 1 heterocycles. The summed E-state index contributed by atoms with van der Waals surface area (Å²) in [6, 6.07) is 13.6. The number of nitrogens with one attached hydrogen (secondary N) is 3. The van der Waals surface area contributed by atoms with Crippen molar-refractivity contribution in [1.29, 1.82) is 0 Å². The van der Waals surface area contributed by atoms with E-state index in [1.54, 1.807) is 36.4 Å².